The number of rotatable bonds is 4. The molecule has 0 radical (unpaired) electrons. The number of Topliss-reactive ketones (excluding diaryl/α,β-unsaturated/α-hetero) is 1. The van der Waals surface area contributed by atoms with Crippen LogP contribution in [0.25, 0.3) is 0 Å². The van der Waals surface area contributed by atoms with Crippen LogP contribution in [0.1, 0.15) is 12.5 Å². The van der Waals surface area contributed by atoms with Crippen molar-refractivity contribution in [2.24, 2.45) is 0 Å². The lowest BCUT2D eigenvalue weighted by molar-refractivity contribution is -0.176. The zero-order chi connectivity index (χ0) is 14.7. The molecule has 1 aromatic carbocycles. The van der Waals surface area contributed by atoms with Crippen LogP contribution in [-0.2, 0) is 15.1 Å². The van der Waals surface area contributed by atoms with Gasteiger partial charge in [-0.3, -0.25) is 9.59 Å². The predicted octanol–water partition coefficient (Wildman–Crippen LogP) is 2.39. The van der Waals surface area contributed by atoms with Gasteiger partial charge in [0.25, 0.3) is 0 Å². The van der Waals surface area contributed by atoms with E-state index in [1.165, 1.54) is 19.1 Å². The van der Waals surface area contributed by atoms with E-state index in [0.717, 1.165) is 0 Å². The predicted molar refractivity (Wildman–Crippen MR) is 63.7 cm³/mol. The minimum atomic E-state index is -5.07. The smallest absolute Gasteiger partial charge is 0.332 e. The van der Waals surface area contributed by atoms with Gasteiger partial charge in [-0.2, -0.15) is 13.2 Å². The van der Waals surface area contributed by atoms with Crippen LogP contribution >= 0.6 is 11.6 Å². The van der Waals surface area contributed by atoms with Gasteiger partial charge >= 0.3 is 12.1 Å². The van der Waals surface area contributed by atoms with E-state index in [1.807, 2.05) is 0 Å². The van der Waals surface area contributed by atoms with Crippen molar-refractivity contribution >= 4 is 23.3 Å². The SMILES string of the molecule is CC(NC(=O)C(F)(F)F)(C(=O)CCl)c1ccccc1. The molecule has 1 N–H and O–H groups in total. The Bertz CT molecular complexity index is 476. The first-order valence-electron chi connectivity index (χ1n) is 5.26. The molecule has 0 saturated heterocycles. The van der Waals surface area contributed by atoms with E-state index in [2.05, 4.69) is 0 Å². The van der Waals surface area contributed by atoms with Crippen LogP contribution in [-0.4, -0.2) is 23.7 Å². The first-order valence-corrected chi connectivity index (χ1v) is 5.79. The van der Waals surface area contributed by atoms with Crippen molar-refractivity contribution in [1.82, 2.24) is 5.32 Å². The molecule has 104 valence electrons. The topological polar surface area (TPSA) is 46.2 Å². The molecule has 0 aromatic heterocycles. The minimum Gasteiger partial charge on any atom is -0.332 e. The lowest BCUT2D eigenvalue weighted by Crippen LogP contribution is -2.54. The molecule has 0 aliphatic carbocycles. The van der Waals surface area contributed by atoms with Crippen LogP contribution in [0.15, 0.2) is 30.3 Å². The Morgan fingerprint density at radius 1 is 1.21 bits per heavy atom. The van der Waals surface area contributed by atoms with Gasteiger partial charge in [0, 0.05) is 0 Å². The zero-order valence-corrected chi connectivity index (χ0v) is 10.7. The molecule has 0 fully saturated rings. The van der Waals surface area contributed by atoms with Gasteiger partial charge in [0.05, 0.1) is 5.88 Å². The lowest BCUT2D eigenvalue weighted by atomic mass is 9.88. The number of nitrogens with one attached hydrogen (secondary N) is 1. The van der Waals surface area contributed by atoms with Crippen LogP contribution in [0.3, 0.4) is 0 Å². The second-order valence-electron chi connectivity index (χ2n) is 4.00. The summed E-state index contributed by atoms with van der Waals surface area (Å²) in [6.45, 7) is 1.19. The average molecular weight is 294 g/mol. The van der Waals surface area contributed by atoms with Gasteiger partial charge in [-0.25, -0.2) is 0 Å². The maximum atomic E-state index is 12.3. The summed E-state index contributed by atoms with van der Waals surface area (Å²) in [5.74, 6) is -3.42. The molecular formula is C12H11ClF3NO2. The first kappa shape index (κ1) is 15.5. The number of carbonyl (C=O) groups excluding carboxylic acids is 2. The van der Waals surface area contributed by atoms with Gasteiger partial charge < -0.3 is 5.32 Å². The molecule has 3 nitrogen and oxygen atoms in total. The largest absolute Gasteiger partial charge is 0.471 e. The van der Waals surface area contributed by atoms with Crippen molar-refractivity contribution in [1.29, 1.82) is 0 Å². The molecular weight excluding hydrogens is 283 g/mol. The van der Waals surface area contributed by atoms with Crippen molar-refractivity contribution in [3.8, 4) is 0 Å². The summed E-state index contributed by atoms with van der Waals surface area (Å²) in [6.07, 6.45) is -5.07. The van der Waals surface area contributed by atoms with E-state index in [4.69, 9.17) is 11.6 Å². The van der Waals surface area contributed by atoms with E-state index < -0.39 is 29.3 Å². The molecule has 1 aromatic rings. The van der Waals surface area contributed by atoms with Crippen molar-refractivity contribution < 1.29 is 22.8 Å². The summed E-state index contributed by atoms with van der Waals surface area (Å²) >= 11 is 5.40. The molecule has 1 unspecified atom stereocenters. The molecule has 19 heavy (non-hydrogen) atoms. The van der Waals surface area contributed by atoms with Crippen molar-refractivity contribution in [3.05, 3.63) is 35.9 Å². The normalized spacial score (nSPS) is 14.6. The summed E-state index contributed by atoms with van der Waals surface area (Å²) in [5.41, 5.74) is -1.58. The standard InChI is InChI=1S/C12H11ClF3NO2/c1-11(9(18)7-13,8-5-3-2-4-6-8)17-10(19)12(14,15)16/h2-6H,7H2,1H3,(H,17,19). The summed E-state index contributed by atoms with van der Waals surface area (Å²) < 4.78 is 36.9. The highest BCUT2D eigenvalue weighted by Crippen LogP contribution is 2.25. The summed E-state index contributed by atoms with van der Waals surface area (Å²) in [6, 6.07) is 7.63. The molecule has 0 aliphatic heterocycles. The third-order valence-electron chi connectivity index (χ3n) is 2.65. The molecule has 0 aliphatic rings. The number of hydrogen-bond donors (Lipinski definition) is 1. The highest BCUT2D eigenvalue weighted by atomic mass is 35.5. The zero-order valence-electron chi connectivity index (χ0n) is 9.92. The van der Waals surface area contributed by atoms with Gasteiger partial charge in [0.1, 0.15) is 5.54 Å². The van der Waals surface area contributed by atoms with Crippen LogP contribution in [0.4, 0.5) is 13.2 Å². The van der Waals surface area contributed by atoms with E-state index in [9.17, 15) is 22.8 Å². The summed E-state index contributed by atoms with van der Waals surface area (Å²) in [7, 11) is 0. The Labute approximate surface area is 112 Å². The van der Waals surface area contributed by atoms with E-state index in [-0.39, 0.29) is 5.56 Å². The van der Waals surface area contributed by atoms with E-state index >= 15 is 0 Å². The number of hydrogen-bond acceptors (Lipinski definition) is 2. The van der Waals surface area contributed by atoms with E-state index in [0.29, 0.717) is 0 Å². The monoisotopic (exact) mass is 293 g/mol. The molecule has 0 heterocycles. The summed E-state index contributed by atoms with van der Waals surface area (Å²) in [4.78, 5) is 22.8. The van der Waals surface area contributed by atoms with Crippen LogP contribution in [0.5, 0.6) is 0 Å². The van der Waals surface area contributed by atoms with Gasteiger partial charge in [0.2, 0.25) is 0 Å². The van der Waals surface area contributed by atoms with Crippen molar-refractivity contribution in [2.75, 3.05) is 5.88 Å². The van der Waals surface area contributed by atoms with Gasteiger partial charge in [-0.05, 0) is 12.5 Å². The quantitative estimate of drug-likeness (QED) is 0.867. The second kappa shape index (κ2) is 5.61. The highest BCUT2D eigenvalue weighted by molar-refractivity contribution is 6.29. The fraction of sp³-hybridized carbons (Fsp3) is 0.333. The third kappa shape index (κ3) is 3.47. The van der Waals surface area contributed by atoms with Crippen LogP contribution in [0, 0.1) is 0 Å². The fourth-order valence-corrected chi connectivity index (χ4v) is 1.77. The Hall–Kier alpha value is -1.56. The van der Waals surface area contributed by atoms with Gasteiger partial charge in [0.15, 0.2) is 5.78 Å². The Balaban J connectivity index is 3.16. The third-order valence-corrected chi connectivity index (χ3v) is 2.89. The number of benzene rings is 1. The second-order valence-corrected chi connectivity index (χ2v) is 4.27. The summed E-state index contributed by atoms with van der Waals surface area (Å²) in [5, 5.41) is 1.70. The molecule has 1 amide bonds. The number of ketones is 1. The molecule has 7 heteroatoms. The van der Waals surface area contributed by atoms with Crippen LogP contribution in [0.2, 0.25) is 0 Å². The highest BCUT2D eigenvalue weighted by Gasteiger charge is 2.45. The van der Waals surface area contributed by atoms with Gasteiger partial charge in [-0.1, -0.05) is 30.3 Å². The minimum absolute atomic E-state index is 0.234. The Morgan fingerprint density at radius 2 is 1.74 bits per heavy atom. The average Bonchev–Trinajstić information content (AvgIpc) is 2.37. The maximum Gasteiger partial charge on any atom is 0.471 e. The number of halogens is 4. The van der Waals surface area contributed by atoms with Crippen LogP contribution < -0.4 is 5.32 Å². The van der Waals surface area contributed by atoms with Crippen molar-refractivity contribution in [2.45, 2.75) is 18.6 Å². The number of alkyl halides is 4. The molecule has 0 saturated carbocycles. The Kier molecular flexibility index (Phi) is 4.57. The van der Waals surface area contributed by atoms with Gasteiger partial charge in [-0.15, -0.1) is 11.6 Å². The van der Waals surface area contributed by atoms with E-state index in [1.54, 1.807) is 23.5 Å². The first-order chi connectivity index (χ1) is 8.71. The number of carbonyl (C=O) groups is 2. The lowest BCUT2D eigenvalue weighted by Gasteiger charge is -2.29. The number of amides is 1. The molecule has 1 atom stereocenters. The van der Waals surface area contributed by atoms with Crippen molar-refractivity contribution in [3.63, 3.8) is 0 Å². The fourth-order valence-electron chi connectivity index (χ4n) is 1.51. The Morgan fingerprint density at radius 3 is 2.16 bits per heavy atom. The maximum absolute atomic E-state index is 12.3. The molecule has 0 spiro atoms. The molecule has 0 bridgehead atoms. The molecule has 1 rings (SSSR count).